The molecule has 8 aromatic rings. The standard InChI is InChI=1S/C40H29N3O/c1-42-36-19-17-31(25-37(36)43(2)40(42)44)27-12-14-28(15-13-27)38-32-10-6-7-11-33(32)39(29-20-22-41-23-21-29)35-24-30(16-18-34(35)38)26-8-4-3-5-9-26/h3-25H,1-2H3. The first-order valence-corrected chi connectivity index (χ1v) is 14.8. The molecule has 0 aliphatic rings. The van der Waals surface area contributed by atoms with Crippen molar-refractivity contribution in [3.05, 3.63) is 150 Å². The second-order valence-electron chi connectivity index (χ2n) is 11.3. The van der Waals surface area contributed by atoms with Crippen LogP contribution in [0.4, 0.5) is 0 Å². The molecule has 44 heavy (non-hydrogen) atoms. The van der Waals surface area contributed by atoms with Crippen molar-refractivity contribution in [3.8, 4) is 44.5 Å². The first-order valence-electron chi connectivity index (χ1n) is 14.8. The van der Waals surface area contributed by atoms with Gasteiger partial charge in [0.15, 0.2) is 0 Å². The molecule has 210 valence electrons. The third-order valence-corrected chi connectivity index (χ3v) is 8.88. The van der Waals surface area contributed by atoms with E-state index >= 15 is 0 Å². The van der Waals surface area contributed by atoms with E-state index in [4.69, 9.17) is 0 Å². The van der Waals surface area contributed by atoms with Crippen LogP contribution in [0.1, 0.15) is 0 Å². The summed E-state index contributed by atoms with van der Waals surface area (Å²) in [5.74, 6) is 0. The number of aryl methyl sites for hydroxylation is 2. The highest BCUT2D eigenvalue weighted by Gasteiger charge is 2.18. The molecule has 0 atom stereocenters. The first kappa shape index (κ1) is 25.9. The van der Waals surface area contributed by atoms with Gasteiger partial charge in [0.2, 0.25) is 0 Å². The largest absolute Gasteiger partial charge is 0.328 e. The van der Waals surface area contributed by atoms with Gasteiger partial charge in [-0.2, -0.15) is 0 Å². The zero-order valence-electron chi connectivity index (χ0n) is 24.5. The third kappa shape index (κ3) is 4.07. The molecule has 0 saturated heterocycles. The molecule has 8 rings (SSSR count). The lowest BCUT2D eigenvalue weighted by Gasteiger charge is -2.19. The summed E-state index contributed by atoms with van der Waals surface area (Å²) >= 11 is 0. The second-order valence-corrected chi connectivity index (χ2v) is 11.3. The highest BCUT2D eigenvalue weighted by Crippen LogP contribution is 2.45. The van der Waals surface area contributed by atoms with Crippen molar-refractivity contribution in [2.24, 2.45) is 14.1 Å². The fourth-order valence-electron chi connectivity index (χ4n) is 6.64. The average molecular weight is 568 g/mol. The predicted octanol–water partition coefficient (Wildman–Crippen LogP) is 9.25. The Balaban J connectivity index is 1.35. The molecule has 0 saturated carbocycles. The monoisotopic (exact) mass is 567 g/mol. The lowest BCUT2D eigenvalue weighted by Crippen LogP contribution is -2.19. The summed E-state index contributed by atoms with van der Waals surface area (Å²) in [6, 6.07) is 45.4. The number of hydrogen-bond acceptors (Lipinski definition) is 2. The van der Waals surface area contributed by atoms with E-state index in [1.165, 1.54) is 43.8 Å². The molecule has 0 amide bonds. The van der Waals surface area contributed by atoms with E-state index in [9.17, 15) is 4.79 Å². The maximum Gasteiger partial charge on any atom is 0.328 e. The zero-order valence-corrected chi connectivity index (χ0v) is 24.5. The summed E-state index contributed by atoms with van der Waals surface area (Å²) in [6.07, 6.45) is 3.74. The SMILES string of the molecule is Cn1c(=O)n(C)c2cc(-c3ccc(-c4c5ccccc5c(-c5ccncc5)c5cc(-c6ccccc6)ccc45)cc3)ccc21. The maximum atomic E-state index is 12.5. The number of benzene rings is 6. The van der Waals surface area contributed by atoms with Crippen molar-refractivity contribution < 1.29 is 0 Å². The Kier molecular flexibility index (Phi) is 6.02. The second kappa shape index (κ2) is 10.2. The van der Waals surface area contributed by atoms with Crippen molar-refractivity contribution in [3.63, 3.8) is 0 Å². The molecule has 4 heteroatoms. The lowest BCUT2D eigenvalue weighted by molar-refractivity contribution is 0.795. The number of nitrogens with zero attached hydrogens (tertiary/aromatic N) is 3. The molecule has 0 aliphatic carbocycles. The van der Waals surface area contributed by atoms with Crippen LogP contribution in [0.2, 0.25) is 0 Å². The number of pyridine rings is 1. The summed E-state index contributed by atoms with van der Waals surface area (Å²) in [5.41, 5.74) is 11.2. The molecular formula is C40H29N3O. The molecule has 0 unspecified atom stereocenters. The van der Waals surface area contributed by atoms with E-state index in [0.29, 0.717) is 0 Å². The molecule has 0 spiro atoms. The fraction of sp³-hybridized carbons (Fsp3) is 0.0500. The van der Waals surface area contributed by atoms with Crippen molar-refractivity contribution in [2.75, 3.05) is 0 Å². The Bertz CT molecular complexity index is 2400. The maximum absolute atomic E-state index is 12.5. The van der Waals surface area contributed by atoms with Crippen LogP contribution in [0.25, 0.3) is 77.1 Å². The molecule has 6 aromatic carbocycles. The molecule has 0 radical (unpaired) electrons. The van der Waals surface area contributed by atoms with E-state index in [1.54, 1.807) is 9.13 Å². The van der Waals surface area contributed by atoms with Gasteiger partial charge in [-0.25, -0.2) is 4.79 Å². The topological polar surface area (TPSA) is 39.8 Å². The molecule has 4 nitrogen and oxygen atoms in total. The van der Waals surface area contributed by atoms with E-state index < -0.39 is 0 Å². The summed E-state index contributed by atoms with van der Waals surface area (Å²) in [4.78, 5) is 16.8. The van der Waals surface area contributed by atoms with E-state index in [2.05, 4.69) is 126 Å². The number of rotatable bonds is 4. The molecule has 0 fully saturated rings. The van der Waals surface area contributed by atoms with E-state index in [1.807, 2.05) is 32.6 Å². The van der Waals surface area contributed by atoms with Gasteiger partial charge in [-0.1, -0.05) is 97.1 Å². The van der Waals surface area contributed by atoms with Gasteiger partial charge in [0.1, 0.15) is 0 Å². The van der Waals surface area contributed by atoms with Crippen molar-refractivity contribution in [2.45, 2.75) is 0 Å². The minimum atomic E-state index is -0.0168. The van der Waals surface area contributed by atoms with Crippen LogP contribution >= 0.6 is 0 Å². The van der Waals surface area contributed by atoms with Crippen molar-refractivity contribution in [1.29, 1.82) is 0 Å². The average Bonchev–Trinajstić information content (AvgIpc) is 3.30. The van der Waals surface area contributed by atoms with Crippen LogP contribution in [-0.4, -0.2) is 14.1 Å². The van der Waals surface area contributed by atoms with Gasteiger partial charge >= 0.3 is 5.69 Å². The van der Waals surface area contributed by atoms with Crippen LogP contribution in [0.15, 0.2) is 145 Å². The molecular weight excluding hydrogens is 538 g/mol. The Morgan fingerprint density at radius 3 is 1.66 bits per heavy atom. The third-order valence-electron chi connectivity index (χ3n) is 8.88. The number of fused-ring (bicyclic) bond motifs is 3. The van der Waals surface area contributed by atoms with Crippen LogP contribution < -0.4 is 5.69 Å². The summed E-state index contributed by atoms with van der Waals surface area (Å²) in [6.45, 7) is 0. The fourth-order valence-corrected chi connectivity index (χ4v) is 6.64. The van der Waals surface area contributed by atoms with Crippen LogP contribution in [0.3, 0.4) is 0 Å². The normalized spacial score (nSPS) is 11.5. The number of hydrogen-bond donors (Lipinski definition) is 0. The summed E-state index contributed by atoms with van der Waals surface area (Å²) in [7, 11) is 3.64. The molecule has 0 N–H and O–H groups in total. The van der Waals surface area contributed by atoms with E-state index in [0.717, 1.165) is 33.3 Å². The zero-order chi connectivity index (χ0) is 29.8. The van der Waals surface area contributed by atoms with Gasteiger partial charge in [-0.15, -0.1) is 0 Å². The molecule has 2 aromatic heterocycles. The Morgan fingerprint density at radius 2 is 0.932 bits per heavy atom. The van der Waals surface area contributed by atoms with Crippen LogP contribution in [0, 0.1) is 0 Å². The quantitative estimate of drug-likeness (QED) is 0.199. The van der Waals surface area contributed by atoms with Gasteiger partial charge in [0, 0.05) is 26.5 Å². The van der Waals surface area contributed by atoms with Gasteiger partial charge in [0.25, 0.3) is 0 Å². The Morgan fingerprint density at radius 1 is 0.432 bits per heavy atom. The highest BCUT2D eigenvalue weighted by atomic mass is 16.1. The molecule has 0 aliphatic heterocycles. The number of imidazole rings is 1. The van der Waals surface area contributed by atoms with Crippen LogP contribution in [0.5, 0.6) is 0 Å². The van der Waals surface area contributed by atoms with Crippen molar-refractivity contribution >= 4 is 32.6 Å². The predicted molar refractivity (Wildman–Crippen MR) is 183 cm³/mol. The first-order chi connectivity index (χ1) is 21.6. The minimum absolute atomic E-state index is 0.0168. The number of aromatic nitrogens is 3. The smallest absolute Gasteiger partial charge is 0.295 e. The summed E-state index contributed by atoms with van der Waals surface area (Å²) < 4.78 is 3.40. The molecule has 0 bridgehead atoms. The van der Waals surface area contributed by atoms with Gasteiger partial charge in [-0.3, -0.25) is 14.1 Å². The van der Waals surface area contributed by atoms with Gasteiger partial charge in [0.05, 0.1) is 11.0 Å². The highest BCUT2D eigenvalue weighted by molar-refractivity contribution is 6.22. The lowest BCUT2D eigenvalue weighted by atomic mass is 9.85. The van der Waals surface area contributed by atoms with Gasteiger partial charge < -0.3 is 0 Å². The summed E-state index contributed by atoms with van der Waals surface area (Å²) in [5, 5.41) is 4.85. The Hall–Kier alpha value is -5.74. The molecule has 2 heterocycles. The van der Waals surface area contributed by atoms with Crippen molar-refractivity contribution in [1.82, 2.24) is 14.1 Å². The van der Waals surface area contributed by atoms with Gasteiger partial charge in [-0.05, 0) is 96.4 Å². The Labute approximate surface area is 255 Å². The van der Waals surface area contributed by atoms with E-state index in [-0.39, 0.29) is 5.69 Å². The van der Waals surface area contributed by atoms with Crippen LogP contribution in [-0.2, 0) is 14.1 Å². The minimum Gasteiger partial charge on any atom is -0.295 e.